The topological polar surface area (TPSA) is 51.2 Å². The van der Waals surface area contributed by atoms with E-state index in [-0.39, 0.29) is 11.6 Å². The van der Waals surface area contributed by atoms with E-state index in [0.717, 1.165) is 0 Å². The summed E-state index contributed by atoms with van der Waals surface area (Å²) in [5.74, 6) is -0.309. The lowest BCUT2D eigenvalue weighted by molar-refractivity contribution is 0.100. The molecule has 0 saturated heterocycles. The summed E-state index contributed by atoms with van der Waals surface area (Å²) in [5, 5.41) is 1.68. The maximum atomic E-state index is 14.5. The van der Waals surface area contributed by atoms with Crippen molar-refractivity contribution in [1.82, 2.24) is 0 Å². The van der Waals surface area contributed by atoms with E-state index in [9.17, 15) is 14.2 Å². The van der Waals surface area contributed by atoms with Crippen LogP contribution in [0.15, 0.2) is 78.9 Å². The van der Waals surface area contributed by atoms with Gasteiger partial charge >= 0.3 is 0 Å². The number of ketones is 2. The minimum Gasteiger partial charge on any atom is -0.309 e. The standard InChI is InChI=1S/C22H19O3P/c1-16(23)18-13-14-21(17(2)24)22(15-18)26(25,19-9-5-3-6-10-19)20-11-7-4-8-12-20/h3-15H,1-2H3. The number of hydrogen-bond acceptors (Lipinski definition) is 3. The molecule has 0 aliphatic rings. The fourth-order valence-corrected chi connectivity index (χ4v) is 5.94. The lowest BCUT2D eigenvalue weighted by Gasteiger charge is -2.22. The molecule has 0 bridgehead atoms. The van der Waals surface area contributed by atoms with E-state index in [2.05, 4.69) is 0 Å². The molecule has 3 nitrogen and oxygen atoms in total. The van der Waals surface area contributed by atoms with Crippen molar-refractivity contribution < 1.29 is 14.2 Å². The van der Waals surface area contributed by atoms with E-state index in [0.29, 0.717) is 27.0 Å². The quantitative estimate of drug-likeness (QED) is 0.513. The zero-order chi connectivity index (χ0) is 18.7. The summed E-state index contributed by atoms with van der Waals surface area (Å²) in [7, 11) is -3.31. The van der Waals surface area contributed by atoms with Gasteiger partial charge in [0.15, 0.2) is 18.7 Å². The van der Waals surface area contributed by atoms with Crippen molar-refractivity contribution in [2.45, 2.75) is 13.8 Å². The first-order chi connectivity index (χ1) is 12.4. The summed E-state index contributed by atoms with van der Waals surface area (Å²) >= 11 is 0. The number of benzene rings is 3. The average molecular weight is 362 g/mol. The number of rotatable bonds is 5. The van der Waals surface area contributed by atoms with Gasteiger partial charge in [-0.1, -0.05) is 66.7 Å². The summed E-state index contributed by atoms with van der Waals surface area (Å²) in [6.07, 6.45) is 0. The van der Waals surface area contributed by atoms with Crippen molar-refractivity contribution in [2.75, 3.05) is 0 Å². The molecule has 0 amide bonds. The Labute approximate surface area is 153 Å². The highest BCUT2D eigenvalue weighted by atomic mass is 31.2. The highest BCUT2D eigenvalue weighted by molar-refractivity contribution is 7.85. The first-order valence-corrected chi connectivity index (χ1v) is 10.0. The third kappa shape index (κ3) is 3.18. The van der Waals surface area contributed by atoms with Crippen LogP contribution in [0.3, 0.4) is 0 Å². The Bertz CT molecular complexity index is 965. The van der Waals surface area contributed by atoms with E-state index in [1.54, 1.807) is 42.5 Å². The third-order valence-electron chi connectivity index (χ3n) is 4.36. The molecule has 0 aromatic heterocycles. The summed E-state index contributed by atoms with van der Waals surface area (Å²) in [4.78, 5) is 24.2. The zero-order valence-electron chi connectivity index (χ0n) is 14.7. The van der Waals surface area contributed by atoms with Crippen molar-refractivity contribution in [3.8, 4) is 0 Å². The monoisotopic (exact) mass is 362 g/mol. The molecule has 0 spiro atoms. The zero-order valence-corrected chi connectivity index (χ0v) is 15.6. The molecular weight excluding hydrogens is 343 g/mol. The second kappa shape index (κ2) is 7.23. The molecule has 0 radical (unpaired) electrons. The molecule has 0 saturated carbocycles. The van der Waals surface area contributed by atoms with Crippen LogP contribution in [0.1, 0.15) is 34.6 Å². The number of carbonyl (C=O) groups is 2. The van der Waals surface area contributed by atoms with Crippen molar-refractivity contribution in [1.29, 1.82) is 0 Å². The van der Waals surface area contributed by atoms with Crippen LogP contribution in [0.25, 0.3) is 0 Å². The maximum absolute atomic E-state index is 14.5. The van der Waals surface area contributed by atoms with Crippen molar-refractivity contribution >= 4 is 34.6 Å². The Hall–Kier alpha value is -2.77. The summed E-state index contributed by atoms with van der Waals surface area (Å²) in [6.45, 7) is 2.91. The molecule has 3 aromatic carbocycles. The maximum Gasteiger partial charge on any atom is 0.171 e. The predicted molar refractivity (Wildman–Crippen MR) is 106 cm³/mol. The second-order valence-electron chi connectivity index (χ2n) is 6.12. The van der Waals surface area contributed by atoms with Crippen LogP contribution in [0.5, 0.6) is 0 Å². The van der Waals surface area contributed by atoms with Crippen molar-refractivity contribution in [2.24, 2.45) is 0 Å². The average Bonchev–Trinajstić information content (AvgIpc) is 2.68. The van der Waals surface area contributed by atoms with Gasteiger partial charge in [-0.15, -0.1) is 0 Å². The van der Waals surface area contributed by atoms with Gasteiger partial charge in [-0.05, 0) is 26.0 Å². The molecule has 3 rings (SSSR count). The molecule has 0 atom stereocenters. The molecule has 0 N–H and O–H groups in total. The van der Waals surface area contributed by atoms with Crippen LogP contribution >= 0.6 is 7.14 Å². The van der Waals surface area contributed by atoms with E-state index in [1.807, 2.05) is 36.4 Å². The number of carbonyl (C=O) groups excluding carboxylic acids is 2. The SMILES string of the molecule is CC(=O)c1ccc(C(C)=O)c(P(=O)(c2ccccc2)c2ccccc2)c1. The number of Topliss-reactive ketones (excluding diaryl/α,β-unsaturated/α-hetero) is 2. The van der Waals surface area contributed by atoms with Crippen LogP contribution in [0.2, 0.25) is 0 Å². The fraction of sp³-hybridized carbons (Fsp3) is 0.0909. The van der Waals surface area contributed by atoms with E-state index in [1.165, 1.54) is 13.8 Å². The van der Waals surface area contributed by atoms with Gasteiger partial charge in [0, 0.05) is 27.0 Å². The molecular formula is C22H19O3P. The Morgan fingerprint density at radius 3 is 1.62 bits per heavy atom. The van der Waals surface area contributed by atoms with Crippen molar-refractivity contribution in [3.63, 3.8) is 0 Å². The van der Waals surface area contributed by atoms with Crippen LogP contribution in [-0.4, -0.2) is 11.6 Å². The van der Waals surface area contributed by atoms with E-state index in [4.69, 9.17) is 0 Å². The molecule has 0 aliphatic heterocycles. The highest BCUT2D eigenvalue weighted by Gasteiger charge is 2.33. The Morgan fingerprint density at radius 2 is 1.19 bits per heavy atom. The van der Waals surface area contributed by atoms with Crippen molar-refractivity contribution in [3.05, 3.63) is 90.0 Å². The summed E-state index contributed by atoms with van der Waals surface area (Å²) in [5.41, 5.74) is 0.822. The minimum atomic E-state index is -3.31. The van der Waals surface area contributed by atoms with Gasteiger partial charge in [0.25, 0.3) is 0 Å². The Balaban J connectivity index is 2.41. The molecule has 4 heteroatoms. The van der Waals surface area contributed by atoms with Gasteiger partial charge in [0.2, 0.25) is 0 Å². The first-order valence-electron chi connectivity index (χ1n) is 8.32. The third-order valence-corrected chi connectivity index (χ3v) is 7.46. The normalized spacial score (nSPS) is 11.2. The van der Waals surface area contributed by atoms with Crippen LogP contribution < -0.4 is 15.9 Å². The van der Waals surface area contributed by atoms with Gasteiger partial charge in [0.1, 0.15) is 0 Å². The summed E-state index contributed by atoms with van der Waals surface area (Å²) in [6, 6.07) is 23.1. The van der Waals surface area contributed by atoms with Crippen LogP contribution in [0, 0.1) is 0 Å². The Kier molecular flexibility index (Phi) is 5.01. The molecule has 0 unspecified atom stereocenters. The largest absolute Gasteiger partial charge is 0.309 e. The lowest BCUT2D eigenvalue weighted by Crippen LogP contribution is -2.29. The molecule has 0 heterocycles. The molecule has 26 heavy (non-hydrogen) atoms. The lowest BCUT2D eigenvalue weighted by atomic mass is 10.1. The van der Waals surface area contributed by atoms with Gasteiger partial charge in [-0.25, -0.2) is 0 Å². The van der Waals surface area contributed by atoms with Gasteiger partial charge in [-0.2, -0.15) is 0 Å². The molecule has 0 aliphatic carbocycles. The van der Waals surface area contributed by atoms with E-state index >= 15 is 0 Å². The second-order valence-corrected chi connectivity index (χ2v) is 8.86. The van der Waals surface area contributed by atoms with Gasteiger partial charge < -0.3 is 4.57 Å². The van der Waals surface area contributed by atoms with Crippen LogP contribution in [0.4, 0.5) is 0 Å². The predicted octanol–water partition coefficient (Wildman–Crippen LogP) is 3.73. The molecule has 3 aromatic rings. The fourth-order valence-electron chi connectivity index (χ4n) is 3.01. The minimum absolute atomic E-state index is 0.131. The Morgan fingerprint density at radius 1 is 0.692 bits per heavy atom. The highest BCUT2D eigenvalue weighted by Crippen LogP contribution is 2.43. The van der Waals surface area contributed by atoms with Gasteiger partial charge in [-0.3, -0.25) is 9.59 Å². The number of hydrogen-bond donors (Lipinski definition) is 0. The van der Waals surface area contributed by atoms with E-state index < -0.39 is 7.14 Å². The summed E-state index contributed by atoms with van der Waals surface area (Å²) < 4.78 is 14.5. The first kappa shape index (κ1) is 18.0. The smallest absolute Gasteiger partial charge is 0.171 e. The molecule has 0 fully saturated rings. The van der Waals surface area contributed by atoms with Gasteiger partial charge in [0.05, 0.1) is 0 Å². The van der Waals surface area contributed by atoms with Crippen LogP contribution in [-0.2, 0) is 4.57 Å². The molecule has 130 valence electrons.